The molecule has 0 unspecified atom stereocenters. The number of carbonyl (C=O) groups is 1. The Morgan fingerprint density at radius 3 is 2.65 bits per heavy atom. The highest BCUT2D eigenvalue weighted by molar-refractivity contribution is 6.31. The second-order valence-corrected chi connectivity index (χ2v) is 5.25. The normalized spacial score (nSPS) is 11.9. The molecule has 0 saturated heterocycles. The van der Waals surface area contributed by atoms with Gasteiger partial charge in [0.1, 0.15) is 12.4 Å². The van der Waals surface area contributed by atoms with Crippen LogP contribution in [-0.4, -0.2) is 26.2 Å². The monoisotopic (exact) mass is 328 g/mol. The Morgan fingerprint density at radius 1 is 1.17 bits per heavy atom. The van der Waals surface area contributed by atoms with Crippen LogP contribution in [0.2, 0.25) is 5.02 Å². The molecule has 1 atom stereocenters. The van der Waals surface area contributed by atoms with Gasteiger partial charge in [-0.1, -0.05) is 41.9 Å². The van der Waals surface area contributed by atoms with Crippen molar-refractivity contribution in [2.45, 2.75) is 13.0 Å². The lowest BCUT2D eigenvalue weighted by Crippen LogP contribution is -2.13. The first-order valence-corrected chi connectivity index (χ1v) is 7.32. The zero-order valence-corrected chi connectivity index (χ0v) is 13.0. The highest BCUT2D eigenvalue weighted by atomic mass is 35.5. The summed E-state index contributed by atoms with van der Waals surface area (Å²) < 4.78 is 6.95. The Morgan fingerprint density at radius 2 is 1.91 bits per heavy atom. The van der Waals surface area contributed by atoms with E-state index in [-0.39, 0.29) is 0 Å². The molecule has 0 fully saturated rings. The van der Waals surface area contributed by atoms with E-state index in [1.807, 2.05) is 18.2 Å². The van der Waals surface area contributed by atoms with Crippen LogP contribution in [0.4, 0.5) is 0 Å². The lowest BCUT2D eigenvalue weighted by atomic mass is 10.1. The third-order valence-corrected chi connectivity index (χ3v) is 3.69. The SMILES string of the molecule is C[C@@H](OC(=O)c1ccccc1-n1cnnn1)c1ccccc1Cl. The molecule has 3 rings (SSSR count). The topological polar surface area (TPSA) is 69.9 Å². The van der Waals surface area contributed by atoms with Crippen LogP contribution < -0.4 is 0 Å². The molecule has 0 amide bonds. The van der Waals surface area contributed by atoms with Crippen LogP contribution in [0.3, 0.4) is 0 Å². The number of hydrogen-bond acceptors (Lipinski definition) is 5. The van der Waals surface area contributed by atoms with Crippen LogP contribution in [0.25, 0.3) is 5.69 Å². The summed E-state index contributed by atoms with van der Waals surface area (Å²) in [6.07, 6.45) is 0.946. The van der Waals surface area contributed by atoms with Crippen molar-refractivity contribution in [3.8, 4) is 5.69 Å². The molecule has 0 radical (unpaired) electrons. The zero-order chi connectivity index (χ0) is 16.2. The highest BCUT2D eigenvalue weighted by Gasteiger charge is 2.19. The molecule has 6 nitrogen and oxygen atoms in total. The number of aromatic nitrogens is 4. The molecular formula is C16H13ClN4O2. The number of rotatable bonds is 4. The molecule has 0 N–H and O–H groups in total. The lowest BCUT2D eigenvalue weighted by Gasteiger charge is -2.16. The molecule has 0 aliphatic heterocycles. The van der Waals surface area contributed by atoms with E-state index in [0.29, 0.717) is 16.3 Å². The van der Waals surface area contributed by atoms with E-state index in [4.69, 9.17) is 16.3 Å². The fraction of sp³-hybridized carbons (Fsp3) is 0.125. The second kappa shape index (κ2) is 6.58. The summed E-state index contributed by atoms with van der Waals surface area (Å²) in [6.45, 7) is 1.78. The molecule has 3 aromatic rings. The van der Waals surface area contributed by atoms with Gasteiger partial charge in [0.05, 0.1) is 11.3 Å². The van der Waals surface area contributed by atoms with E-state index in [1.54, 1.807) is 37.3 Å². The summed E-state index contributed by atoms with van der Waals surface area (Å²) in [5, 5.41) is 11.5. The fourth-order valence-electron chi connectivity index (χ4n) is 2.21. The van der Waals surface area contributed by atoms with Crippen molar-refractivity contribution in [3.63, 3.8) is 0 Å². The van der Waals surface area contributed by atoms with Crippen LogP contribution in [0.5, 0.6) is 0 Å². The van der Waals surface area contributed by atoms with Gasteiger partial charge >= 0.3 is 5.97 Å². The average molecular weight is 329 g/mol. The van der Waals surface area contributed by atoms with Gasteiger partial charge in [0.25, 0.3) is 0 Å². The van der Waals surface area contributed by atoms with Gasteiger partial charge in [0.15, 0.2) is 0 Å². The standard InChI is InChI=1S/C16H13ClN4O2/c1-11(12-6-2-4-8-14(12)17)23-16(22)13-7-3-5-9-15(13)21-10-18-19-20-21/h2-11H,1H3/t11-/m1/s1. The summed E-state index contributed by atoms with van der Waals surface area (Å²) >= 11 is 6.14. The van der Waals surface area contributed by atoms with Crippen LogP contribution in [0.15, 0.2) is 54.9 Å². The molecule has 0 aliphatic carbocycles. The number of hydrogen-bond donors (Lipinski definition) is 0. The van der Waals surface area contributed by atoms with Crippen molar-refractivity contribution in [2.75, 3.05) is 0 Å². The lowest BCUT2D eigenvalue weighted by molar-refractivity contribution is 0.0338. The molecule has 2 aromatic carbocycles. The Bertz CT molecular complexity index is 820. The van der Waals surface area contributed by atoms with Crippen LogP contribution in [0, 0.1) is 0 Å². The van der Waals surface area contributed by atoms with E-state index in [1.165, 1.54) is 11.0 Å². The van der Waals surface area contributed by atoms with Crippen molar-refractivity contribution in [3.05, 3.63) is 71.0 Å². The highest BCUT2D eigenvalue weighted by Crippen LogP contribution is 2.26. The molecule has 1 heterocycles. The van der Waals surface area contributed by atoms with Crippen molar-refractivity contribution < 1.29 is 9.53 Å². The van der Waals surface area contributed by atoms with E-state index in [0.717, 1.165) is 5.56 Å². The second-order valence-electron chi connectivity index (χ2n) is 4.84. The van der Waals surface area contributed by atoms with Gasteiger partial charge in [0.2, 0.25) is 0 Å². The third-order valence-electron chi connectivity index (χ3n) is 3.35. The summed E-state index contributed by atoms with van der Waals surface area (Å²) in [5.74, 6) is -0.469. The van der Waals surface area contributed by atoms with Crippen LogP contribution in [-0.2, 0) is 4.74 Å². The minimum atomic E-state index is -0.474. The predicted octanol–water partition coefficient (Wildman–Crippen LogP) is 3.23. The molecule has 116 valence electrons. The predicted molar refractivity (Wildman–Crippen MR) is 84.4 cm³/mol. The van der Waals surface area contributed by atoms with Crippen LogP contribution >= 0.6 is 11.6 Å². The van der Waals surface area contributed by atoms with Gasteiger partial charge < -0.3 is 4.74 Å². The summed E-state index contributed by atoms with van der Waals surface area (Å²) in [5.41, 5.74) is 1.68. The maximum atomic E-state index is 12.5. The Kier molecular flexibility index (Phi) is 4.34. The number of benzene rings is 2. The van der Waals surface area contributed by atoms with Gasteiger partial charge in [0, 0.05) is 10.6 Å². The molecule has 7 heteroatoms. The van der Waals surface area contributed by atoms with Gasteiger partial charge in [-0.15, -0.1) is 5.10 Å². The van der Waals surface area contributed by atoms with E-state index >= 15 is 0 Å². The summed E-state index contributed by atoms with van der Waals surface area (Å²) in [7, 11) is 0. The maximum absolute atomic E-state index is 12.5. The minimum Gasteiger partial charge on any atom is -0.454 e. The van der Waals surface area contributed by atoms with Crippen LogP contribution in [0.1, 0.15) is 28.9 Å². The average Bonchev–Trinajstić information content (AvgIpc) is 3.09. The number of nitrogens with zero attached hydrogens (tertiary/aromatic N) is 4. The first-order valence-electron chi connectivity index (χ1n) is 6.94. The summed E-state index contributed by atoms with van der Waals surface area (Å²) in [6, 6.07) is 14.2. The smallest absolute Gasteiger partial charge is 0.340 e. The largest absolute Gasteiger partial charge is 0.454 e. The Labute approximate surface area is 137 Å². The number of para-hydroxylation sites is 1. The van der Waals surface area contributed by atoms with E-state index < -0.39 is 12.1 Å². The van der Waals surface area contributed by atoms with Crippen molar-refractivity contribution in [1.29, 1.82) is 0 Å². The molecule has 1 aromatic heterocycles. The summed E-state index contributed by atoms with van der Waals surface area (Å²) in [4.78, 5) is 12.5. The molecule has 0 aliphatic rings. The van der Waals surface area contributed by atoms with Crippen molar-refractivity contribution in [1.82, 2.24) is 20.2 Å². The van der Waals surface area contributed by atoms with Gasteiger partial charge in [-0.05, 0) is 35.5 Å². The van der Waals surface area contributed by atoms with Crippen molar-refractivity contribution >= 4 is 17.6 Å². The number of ether oxygens (including phenoxy) is 1. The van der Waals surface area contributed by atoms with Crippen molar-refractivity contribution in [2.24, 2.45) is 0 Å². The Balaban J connectivity index is 1.86. The quantitative estimate of drug-likeness (QED) is 0.688. The molecule has 23 heavy (non-hydrogen) atoms. The molecule has 0 saturated carbocycles. The van der Waals surface area contributed by atoms with E-state index in [9.17, 15) is 4.79 Å². The number of tetrazole rings is 1. The number of esters is 1. The number of carbonyl (C=O) groups excluding carboxylic acids is 1. The minimum absolute atomic E-state index is 0.374. The first kappa shape index (κ1) is 15.2. The Hall–Kier alpha value is -2.73. The molecule has 0 bridgehead atoms. The number of halogens is 1. The molecule has 0 spiro atoms. The van der Waals surface area contributed by atoms with E-state index in [2.05, 4.69) is 15.5 Å². The van der Waals surface area contributed by atoms with Gasteiger partial charge in [-0.25, -0.2) is 4.79 Å². The maximum Gasteiger partial charge on any atom is 0.340 e. The molecular weight excluding hydrogens is 316 g/mol. The zero-order valence-electron chi connectivity index (χ0n) is 12.3. The first-order chi connectivity index (χ1) is 11.2. The fourth-order valence-corrected chi connectivity index (χ4v) is 2.50. The van der Waals surface area contributed by atoms with Gasteiger partial charge in [-0.3, -0.25) is 0 Å². The van der Waals surface area contributed by atoms with Gasteiger partial charge in [-0.2, -0.15) is 4.68 Å². The third kappa shape index (κ3) is 3.22.